The van der Waals surface area contributed by atoms with Gasteiger partial charge in [0.1, 0.15) is 0 Å². The van der Waals surface area contributed by atoms with Crippen molar-refractivity contribution >= 4 is 45.8 Å². The van der Waals surface area contributed by atoms with E-state index in [-0.39, 0.29) is 29.4 Å². The van der Waals surface area contributed by atoms with E-state index < -0.39 is 10.0 Å². The van der Waals surface area contributed by atoms with Gasteiger partial charge in [0, 0.05) is 17.0 Å². The van der Waals surface area contributed by atoms with Crippen molar-refractivity contribution in [2.24, 2.45) is 5.73 Å². The molecule has 1 fully saturated rings. The number of hydrogen-bond acceptors (Lipinski definition) is 4. The highest BCUT2D eigenvalue weighted by atomic mass is 35.5. The number of sulfonamides is 1. The minimum atomic E-state index is -3.51. The van der Waals surface area contributed by atoms with Crippen molar-refractivity contribution < 1.29 is 8.42 Å². The molecule has 0 spiro atoms. The number of nitrogens with two attached hydrogens (primary N) is 1. The number of hydrogen-bond donors (Lipinski definition) is 2. The fourth-order valence-corrected chi connectivity index (χ4v) is 4.60. The van der Waals surface area contributed by atoms with Crippen LogP contribution >= 0.6 is 35.8 Å². The van der Waals surface area contributed by atoms with Gasteiger partial charge in [-0.3, -0.25) is 0 Å². The van der Waals surface area contributed by atoms with Crippen LogP contribution < -0.4 is 10.5 Å². The van der Waals surface area contributed by atoms with Gasteiger partial charge in [0.15, 0.2) is 0 Å². The third-order valence-corrected chi connectivity index (χ3v) is 6.27. The Morgan fingerprint density at radius 3 is 2.43 bits per heavy atom. The van der Waals surface area contributed by atoms with Gasteiger partial charge in [-0.15, -0.1) is 24.2 Å². The Balaban J connectivity index is 0.00000220. The second kappa shape index (κ2) is 8.04. The average molecular weight is 371 g/mol. The van der Waals surface area contributed by atoms with Gasteiger partial charge in [-0.05, 0) is 50.1 Å². The van der Waals surface area contributed by atoms with Crippen molar-refractivity contribution in [2.75, 3.05) is 6.26 Å². The molecule has 2 rings (SSSR count). The molecule has 0 unspecified atom stereocenters. The Morgan fingerprint density at radius 2 is 1.90 bits per heavy atom. The van der Waals surface area contributed by atoms with Gasteiger partial charge in [-0.25, -0.2) is 13.1 Å². The quantitative estimate of drug-likeness (QED) is 0.798. The molecule has 0 heterocycles. The Bertz CT molecular complexity index is 574. The van der Waals surface area contributed by atoms with Crippen LogP contribution in [0, 0.1) is 0 Å². The van der Waals surface area contributed by atoms with E-state index in [1.165, 1.54) is 17.8 Å². The van der Waals surface area contributed by atoms with Crippen molar-refractivity contribution in [1.82, 2.24) is 4.72 Å². The fraction of sp³-hybridized carbons (Fsp3) is 0.538. The van der Waals surface area contributed by atoms with Crippen LogP contribution in [-0.4, -0.2) is 26.8 Å². The van der Waals surface area contributed by atoms with Crippen LogP contribution in [0.1, 0.15) is 25.7 Å². The molecule has 0 aliphatic heterocycles. The van der Waals surface area contributed by atoms with Crippen LogP contribution in [-0.2, 0) is 10.0 Å². The molecule has 0 atom stereocenters. The molecule has 0 aromatic heterocycles. The average Bonchev–Trinajstić information content (AvgIpc) is 2.41. The van der Waals surface area contributed by atoms with Gasteiger partial charge in [0.05, 0.1) is 9.92 Å². The predicted molar refractivity (Wildman–Crippen MR) is 91.0 cm³/mol. The summed E-state index contributed by atoms with van der Waals surface area (Å²) >= 11 is 7.56. The molecule has 120 valence electrons. The van der Waals surface area contributed by atoms with Crippen LogP contribution in [0.2, 0.25) is 5.02 Å². The van der Waals surface area contributed by atoms with E-state index in [9.17, 15) is 8.42 Å². The van der Waals surface area contributed by atoms with Gasteiger partial charge in [0.25, 0.3) is 0 Å². The second-order valence-corrected chi connectivity index (χ2v) is 8.00. The zero-order valence-corrected chi connectivity index (χ0v) is 14.9. The zero-order chi connectivity index (χ0) is 14.8. The first-order valence-corrected chi connectivity index (χ1v) is 9.62. The summed E-state index contributed by atoms with van der Waals surface area (Å²) in [5, 5.41) is 0.464. The van der Waals surface area contributed by atoms with E-state index >= 15 is 0 Å². The molecule has 1 aliphatic rings. The molecule has 8 heteroatoms. The topological polar surface area (TPSA) is 72.2 Å². The van der Waals surface area contributed by atoms with Crippen molar-refractivity contribution in [2.45, 2.75) is 47.6 Å². The van der Waals surface area contributed by atoms with Crippen molar-refractivity contribution in [3.05, 3.63) is 23.2 Å². The van der Waals surface area contributed by atoms with E-state index in [4.69, 9.17) is 17.3 Å². The largest absolute Gasteiger partial charge is 0.328 e. The van der Waals surface area contributed by atoms with Crippen LogP contribution in [0.25, 0.3) is 0 Å². The Morgan fingerprint density at radius 1 is 1.29 bits per heavy atom. The molecule has 1 aliphatic carbocycles. The lowest BCUT2D eigenvalue weighted by Gasteiger charge is -2.26. The summed E-state index contributed by atoms with van der Waals surface area (Å²) in [7, 11) is -3.51. The van der Waals surface area contributed by atoms with Gasteiger partial charge in [-0.1, -0.05) is 11.6 Å². The van der Waals surface area contributed by atoms with Crippen LogP contribution in [0.5, 0.6) is 0 Å². The highest BCUT2D eigenvalue weighted by Gasteiger charge is 2.24. The smallest absolute Gasteiger partial charge is 0.240 e. The van der Waals surface area contributed by atoms with Crippen LogP contribution in [0.3, 0.4) is 0 Å². The lowest BCUT2D eigenvalue weighted by Crippen LogP contribution is -2.40. The summed E-state index contributed by atoms with van der Waals surface area (Å²) in [4.78, 5) is 1.09. The van der Waals surface area contributed by atoms with Gasteiger partial charge < -0.3 is 5.73 Å². The lowest BCUT2D eigenvalue weighted by molar-refractivity contribution is 0.373. The molecule has 4 nitrogen and oxygen atoms in total. The molecule has 0 bridgehead atoms. The van der Waals surface area contributed by atoms with Gasteiger partial charge in [-0.2, -0.15) is 0 Å². The number of thioether (sulfide) groups is 1. The van der Waals surface area contributed by atoms with Crippen LogP contribution in [0.15, 0.2) is 28.0 Å². The van der Waals surface area contributed by atoms with Gasteiger partial charge in [0.2, 0.25) is 10.0 Å². The minimum absolute atomic E-state index is 0. The molecule has 3 N–H and O–H groups in total. The Kier molecular flexibility index (Phi) is 7.30. The summed E-state index contributed by atoms with van der Waals surface area (Å²) in [5.41, 5.74) is 5.83. The second-order valence-electron chi connectivity index (χ2n) is 5.03. The summed E-state index contributed by atoms with van der Waals surface area (Å²) in [6, 6.07) is 5.00. The van der Waals surface area contributed by atoms with E-state index in [1.807, 2.05) is 6.26 Å². The maximum absolute atomic E-state index is 12.3. The van der Waals surface area contributed by atoms with E-state index in [0.717, 1.165) is 30.6 Å². The lowest BCUT2D eigenvalue weighted by atomic mass is 9.93. The molecule has 1 aromatic carbocycles. The van der Waals surface area contributed by atoms with E-state index in [1.54, 1.807) is 12.1 Å². The first-order chi connectivity index (χ1) is 9.42. The summed E-state index contributed by atoms with van der Waals surface area (Å²) in [6.07, 6.45) is 5.20. The summed E-state index contributed by atoms with van der Waals surface area (Å²) < 4.78 is 27.4. The minimum Gasteiger partial charge on any atom is -0.328 e. The van der Waals surface area contributed by atoms with Crippen molar-refractivity contribution in [3.63, 3.8) is 0 Å². The predicted octanol–water partition coefficient (Wildman–Crippen LogP) is 3.03. The SMILES string of the molecule is CSc1ccc(S(=O)(=O)NC2CCC(N)CC2)cc1Cl.Cl. The fourth-order valence-electron chi connectivity index (χ4n) is 2.34. The summed E-state index contributed by atoms with van der Waals surface area (Å²) in [5.74, 6) is 0. The zero-order valence-electron chi connectivity index (χ0n) is 11.7. The number of rotatable bonds is 4. The highest BCUT2D eigenvalue weighted by Crippen LogP contribution is 2.28. The third-order valence-electron chi connectivity index (χ3n) is 3.53. The normalized spacial score (nSPS) is 22.6. The first kappa shape index (κ1) is 19.1. The van der Waals surface area contributed by atoms with E-state index in [2.05, 4.69) is 4.72 Å². The van der Waals surface area contributed by atoms with Crippen molar-refractivity contribution in [1.29, 1.82) is 0 Å². The van der Waals surface area contributed by atoms with Gasteiger partial charge >= 0.3 is 0 Å². The van der Waals surface area contributed by atoms with E-state index in [0.29, 0.717) is 5.02 Å². The maximum atomic E-state index is 12.3. The molecular weight excluding hydrogens is 351 g/mol. The third kappa shape index (κ3) is 5.01. The number of nitrogens with one attached hydrogen (secondary N) is 1. The molecule has 21 heavy (non-hydrogen) atoms. The van der Waals surface area contributed by atoms with Crippen molar-refractivity contribution in [3.8, 4) is 0 Å². The number of benzene rings is 1. The molecular formula is C13H20Cl2N2O2S2. The molecule has 0 amide bonds. The molecule has 1 aromatic rings. The monoisotopic (exact) mass is 370 g/mol. The number of halogens is 2. The molecule has 0 radical (unpaired) electrons. The molecule has 0 saturated heterocycles. The Labute approximate surface area is 141 Å². The highest BCUT2D eigenvalue weighted by molar-refractivity contribution is 7.98. The summed E-state index contributed by atoms with van der Waals surface area (Å²) in [6.45, 7) is 0. The maximum Gasteiger partial charge on any atom is 0.240 e. The molecule has 1 saturated carbocycles. The standard InChI is InChI=1S/C13H19ClN2O2S2.ClH/c1-19-13-7-6-11(8-12(13)14)20(17,18)16-10-4-2-9(15)3-5-10;/h6-10,16H,2-5,15H2,1H3;1H. The van der Waals surface area contributed by atoms with Crippen LogP contribution in [0.4, 0.5) is 0 Å². The first-order valence-electron chi connectivity index (χ1n) is 6.54. The Hall–Kier alpha value is 0.0200.